The van der Waals surface area contributed by atoms with Crippen molar-refractivity contribution in [3.05, 3.63) is 35.1 Å². The minimum atomic E-state index is -4.69. The van der Waals surface area contributed by atoms with Gasteiger partial charge in [-0.1, -0.05) is 6.07 Å². The van der Waals surface area contributed by atoms with Gasteiger partial charge in [-0.25, -0.2) is 9.18 Å². The maximum absolute atomic E-state index is 13.5. The van der Waals surface area contributed by atoms with Crippen molar-refractivity contribution in [1.82, 2.24) is 9.80 Å². The number of benzene rings is 1. The molecular formula is C23H31F4N3O2. The molecule has 0 unspecified atom stereocenters. The van der Waals surface area contributed by atoms with Crippen molar-refractivity contribution < 1.29 is 27.1 Å². The number of hydrogen-bond acceptors (Lipinski definition) is 4. The Hall–Kier alpha value is -2.34. The van der Waals surface area contributed by atoms with E-state index < -0.39 is 34.7 Å². The predicted molar refractivity (Wildman–Crippen MR) is 112 cm³/mol. The number of nitriles is 1. The van der Waals surface area contributed by atoms with Gasteiger partial charge in [0.05, 0.1) is 17.0 Å². The van der Waals surface area contributed by atoms with Gasteiger partial charge in [0.1, 0.15) is 11.4 Å². The molecule has 0 aliphatic carbocycles. The smallest absolute Gasteiger partial charge is 0.416 e. The van der Waals surface area contributed by atoms with Crippen LogP contribution >= 0.6 is 0 Å². The van der Waals surface area contributed by atoms with Gasteiger partial charge in [-0.05, 0) is 65.2 Å². The summed E-state index contributed by atoms with van der Waals surface area (Å²) in [7, 11) is 0. The van der Waals surface area contributed by atoms with Crippen molar-refractivity contribution in [2.75, 3.05) is 19.6 Å². The molecule has 9 heteroatoms. The average molecular weight is 458 g/mol. The number of rotatable bonds is 5. The second-order valence-corrected chi connectivity index (χ2v) is 9.90. The van der Waals surface area contributed by atoms with E-state index in [1.807, 2.05) is 4.90 Å². The Labute approximate surface area is 186 Å². The molecule has 1 aromatic carbocycles. The molecule has 0 spiro atoms. The summed E-state index contributed by atoms with van der Waals surface area (Å²) < 4.78 is 59.4. The maximum Gasteiger partial charge on any atom is 0.416 e. The molecule has 1 aliphatic heterocycles. The summed E-state index contributed by atoms with van der Waals surface area (Å²) in [6.07, 6.45) is -4.04. The van der Waals surface area contributed by atoms with Crippen LogP contribution in [-0.2, 0) is 17.5 Å². The molecule has 1 saturated heterocycles. The van der Waals surface area contributed by atoms with E-state index in [0.29, 0.717) is 32.0 Å². The highest BCUT2D eigenvalue weighted by molar-refractivity contribution is 5.68. The van der Waals surface area contributed by atoms with Crippen LogP contribution in [0, 0.1) is 22.6 Å². The van der Waals surface area contributed by atoms with Crippen molar-refractivity contribution in [3.8, 4) is 6.07 Å². The van der Waals surface area contributed by atoms with Crippen LogP contribution in [0.3, 0.4) is 0 Å². The molecular weight excluding hydrogens is 426 g/mol. The zero-order valence-corrected chi connectivity index (χ0v) is 19.2. The standard InChI is InChI=1S/C23H31F4N3O2/c1-21(2,3)32-20(31)29-10-8-18(9-11-29)30(15-22(4,5)14-28)13-16-6-7-17(24)12-19(16)23(25,26)27/h6-7,12,18H,8-11,13,15H2,1-5H3. The molecule has 1 heterocycles. The number of likely N-dealkylation sites (tertiary alicyclic amines) is 1. The first kappa shape index (κ1) is 25.9. The Morgan fingerprint density at radius 3 is 2.28 bits per heavy atom. The molecule has 178 valence electrons. The number of nitrogens with zero attached hydrogens (tertiary/aromatic N) is 3. The zero-order chi connectivity index (χ0) is 24.3. The fraction of sp³-hybridized carbons (Fsp3) is 0.652. The highest BCUT2D eigenvalue weighted by Crippen LogP contribution is 2.34. The van der Waals surface area contributed by atoms with Crippen molar-refractivity contribution in [3.63, 3.8) is 0 Å². The van der Waals surface area contributed by atoms with Gasteiger partial charge in [0.15, 0.2) is 0 Å². The number of carbonyl (C=O) groups excluding carboxylic acids is 1. The Bertz CT molecular complexity index is 848. The van der Waals surface area contributed by atoms with E-state index in [9.17, 15) is 27.6 Å². The third kappa shape index (κ3) is 7.37. The van der Waals surface area contributed by atoms with Gasteiger partial charge in [0.25, 0.3) is 0 Å². The second-order valence-electron chi connectivity index (χ2n) is 9.90. The fourth-order valence-electron chi connectivity index (χ4n) is 3.77. The molecule has 0 N–H and O–H groups in total. The molecule has 1 aliphatic rings. The van der Waals surface area contributed by atoms with E-state index >= 15 is 0 Å². The van der Waals surface area contributed by atoms with Crippen LogP contribution in [0.2, 0.25) is 0 Å². The van der Waals surface area contributed by atoms with E-state index in [4.69, 9.17) is 4.74 Å². The average Bonchev–Trinajstić information content (AvgIpc) is 2.66. The number of ether oxygens (including phenoxy) is 1. The lowest BCUT2D eigenvalue weighted by Crippen LogP contribution is -2.49. The minimum Gasteiger partial charge on any atom is -0.444 e. The first-order chi connectivity index (χ1) is 14.6. The number of amides is 1. The molecule has 0 radical (unpaired) electrons. The summed E-state index contributed by atoms with van der Waals surface area (Å²) in [6, 6.07) is 4.74. The largest absolute Gasteiger partial charge is 0.444 e. The quantitative estimate of drug-likeness (QED) is 0.541. The maximum atomic E-state index is 13.5. The highest BCUT2D eigenvalue weighted by Gasteiger charge is 2.36. The lowest BCUT2D eigenvalue weighted by Gasteiger charge is -2.41. The van der Waals surface area contributed by atoms with E-state index in [0.717, 1.165) is 12.1 Å². The molecule has 2 rings (SSSR count). The molecule has 1 fully saturated rings. The lowest BCUT2D eigenvalue weighted by molar-refractivity contribution is -0.138. The molecule has 32 heavy (non-hydrogen) atoms. The zero-order valence-electron chi connectivity index (χ0n) is 19.2. The van der Waals surface area contributed by atoms with Crippen LogP contribution in [-0.4, -0.2) is 47.2 Å². The Kier molecular flexibility index (Phi) is 7.82. The molecule has 0 atom stereocenters. The van der Waals surface area contributed by atoms with Crippen molar-refractivity contribution in [1.29, 1.82) is 5.26 Å². The van der Waals surface area contributed by atoms with Gasteiger partial charge in [-0.3, -0.25) is 4.90 Å². The summed E-state index contributed by atoms with van der Waals surface area (Å²) >= 11 is 0. The van der Waals surface area contributed by atoms with Crippen LogP contribution in [0.1, 0.15) is 58.6 Å². The molecule has 0 bridgehead atoms. The number of halogens is 4. The summed E-state index contributed by atoms with van der Waals surface area (Å²) in [6.45, 7) is 9.78. The first-order valence-electron chi connectivity index (χ1n) is 10.6. The molecule has 1 aromatic rings. The summed E-state index contributed by atoms with van der Waals surface area (Å²) in [5, 5.41) is 9.47. The fourth-order valence-corrected chi connectivity index (χ4v) is 3.77. The van der Waals surface area contributed by atoms with Crippen LogP contribution in [0.25, 0.3) is 0 Å². The first-order valence-corrected chi connectivity index (χ1v) is 10.6. The van der Waals surface area contributed by atoms with Gasteiger partial charge < -0.3 is 9.64 Å². The van der Waals surface area contributed by atoms with E-state index in [2.05, 4.69) is 6.07 Å². The number of hydrogen-bond donors (Lipinski definition) is 0. The molecule has 0 saturated carbocycles. The topological polar surface area (TPSA) is 56.6 Å². The predicted octanol–water partition coefficient (Wildman–Crippen LogP) is 5.60. The summed E-state index contributed by atoms with van der Waals surface area (Å²) in [5.74, 6) is -0.948. The third-order valence-corrected chi connectivity index (χ3v) is 5.28. The van der Waals surface area contributed by atoms with Crippen molar-refractivity contribution in [2.24, 2.45) is 5.41 Å². The van der Waals surface area contributed by atoms with Gasteiger partial charge >= 0.3 is 12.3 Å². The van der Waals surface area contributed by atoms with Crippen LogP contribution in [0.5, 0.6) is 0 Å². The van der Waals surface area contributed by atoms with Crippen LogP contribution in [0.15, 0.2) is 18.2 Å². The highest BCUT2D eigenvalue weighted by atomic mass is 19.4. The van der Waals surface area contributed by atoms with E-state index in [1.54, 1.807) is 39.5 Å². The van der Waals surface area contributed by atoms with Gasteiger partial charge in [-0.15, -0.1) is 0 Å². The van der Waals surface area contributed by atoms with Crippen LogP contribution < -0.4 is 0 Å². The van der Waals surface area contributed by atoms with E-state index in [1.165, 1.54) is 0 Å². The number of piperidine rings is 1. The lowest BCUT2D eigenvalue weighted by atomic mass is 9.92. The number of carbonyl (C=O) groups is 1. The van der Waals surface area contributed by atoms with Crippen molar-refractivity contribution in [2.45, 2.75) is 71.8 Å². The summed E-state index contributed by atoms with van der Waals surface area (Å²) in [4.78, 5) is 15.8. The third-order valence-electron chi connectivity index (χ3n) is 5.28. The second kappa shape index (κ2) is 9.65. The molecule has 1 amide bonds. The Balaban J connectivity index is 2.22. The van der Waals surface area contributed by atoms with Gasteiger partial charge in [-0.2, -0.15) is 18.4 Å². The normalized spacial score (nSPS) is 16.2. The van der Waals surface area contributed by atoms with Crippen molar-refractivity contribution >= 4 is 6.09 Å². The Morgan fingerprint density at radius 2 is 1.78 bits per heavy atom. The molecule has 0 aromatic heterocycles. The van der Waals surface area contributed by atoms with Gasteiger partial charge in [0, 0.05) is 32.2 Å². The SMILES string of the molecule is CC(C)(C#N)CN(Cc1ccc(F)cc1C(F)(F)F)C1CCN(C(=O)OC(C)(C)C)CC1. The van der Waals surface area contributed by atoms with Crippen LogP contribution in [0.4, 0.5) is 22.4 Å². The monoisotopic (exact) mass is 457 g/mol. The molecule has 5 nitrogen and oxygen atoms in total. The van der Waals surface area contributed by atoms with Gasteiger partial charge in [0.2, 0.25) is 0 Å². The Morgan fingerprint density at radius 1 is 1.19 bits per heavy atom. The number of alkyl halides is 3. The summed E-state index contributed by atoms with van der Waals surface area (Å²) in [5.41, 5.74) is -2.46. The van der Waals surface area contributed by atoms with E-state index in [-0.39, 0.29) is 24.7 Å². The minimum absolute atomic E-state index is 0.0396.